The summed E-state index contributed by atoms with van der Waals surface area (Å²) >= 11 is 0. The maximum atomic E-state index is 10.3. The molecule has 0 fully saturated rings. The van der Waals surface area contributed by atoms with Crippen LogP contribution in [-0.2, 0) is 4.79 Å². The minimum atomic E-state index is 0.372. The molecule has 0 saturated carbocycles. The summed E-state index contributed by atoms with van der Waals surface area (Å²) in [5, 5.41) is 5.47. The van der Waals surface area contributed by atoms with Crippen LogP contribution < -0.4 is 16.4 Å². The first-order valence-corrected chi connectivity index (χ1v) is 3.12. The number of carbonyl (C=O) groups excluding carboxylic acids is 1. The summed E-state index contributed by atoms with van der Waals surface area (Å²) < 4.78 is 0. The van der Waals surface area contributed by atoms with Crippen LogP contribution in [0.15, 0.2) is 11.5 Å². The summed E-state index contributed by atoms with van der Waals surface area (Å²) in [6.07, 6.45) is 0.690. The third-order valence-electron chi connectivity index (χ3n) is 1.04. The molecule has 0 rings (SSSR count). The van der Waals surface area contributed by atoms with Crippen LogP contribution in [0, 0.1) is 0 Å². The van der Waals surface area contributed by atoms with E-state index in [-0.39, 0.29) is 0 Å². The van der Waals surface area contributed by atoms with Crippen molar-refractivity contribution in [2.24, 2.45) is 5.73 Å². The minimum absolute atomic E-state index is 0.372. The van der Waals surface area contributed by atoms with E-state index in [1.807, 2.05) is 6.92 Å². The van der Waals surface area contributed by atoms with Crippen molar-refractivity contribution in [3.8, 4) is 0 Å². The maximum Gasteiger partial charge on any atom is 0.169 e. The van der Waals surface area contributed by atoms with E-state index in [9.17, 15) is 4.79 Å². The summed E-state index contributed by atoms with van der Waals surface area (Å²) in [6, 6.07) is 0. The molecule has 58 valence electrons. The molecule has 4 N–H and O–H groups in total. The third kappa shape index (κ3) is 2.39. The van der Waals surface area contributed by atoms with Gasteiger partial charge in [0, 0.05) is 13.6 Å². The Hall–Kier alpha value is -1.19. The summed E-state index contributed by atoms with van der Waals surface area (Å²) in [5.41, 5.74) is 5.80. The van der Waals surface area contributed by atoms with Gasteiger partial charge >= 0.3 is 0 Å². The Morgan fingerprint density at radius 2 is 2.30 bits per heavy atom. The zero-order chi connectivity index (χ0) is 7.98. The fraction of sp³-hybridized carbons (Fsp3) is 0.500. The van der Waals surface area contributed by atoms with Crippen LogP contribution in [0.2, 0.25) is 0 Å². The lowest BCUT2D eigenvalue weighted by Gasteiger charge is -2.05. The third-order valence-corrected chi connectivity index (χ3v) is 1.04. The van der Waals surface area contributed by atoms with Gasteiger partial charge in [0.2, 0.25) is 0 Å². The molecule has 0 amide bonds. The Labute approximate surface area is 60.5 Å². The second kappa shape index (κ2) is 4.67. The first-order valence-electron chi connectivity index (χ1n) is 3.12. The van der Waals surface area contributed by atoms with Crippen LogP contribution in [0.4, 0.5) is 0 Å². The zero-order valence-corrected chi connectivity index (χ0v) is 6.27. The van der Waals surface area contributed by atoms with Gasteiger partial charge in [0.05, 0.1) is 0 Å². The van der Waals surface area contributed by atoms with E-state index in [0.29, 0.717) is 24.3 Å². The number of nitrogens with one attached hydrogen (secondary N) is 2. The van der Waals surface area contributed by atoms with Gasteiger partial charge in [0.15, 0.2) is 6.29 Å². The first kappa shape index (κ1) is 8.81. The first-order chi connectivity index (χ1) is 4.76. The number of aldehydes is 1. The predicted octanol–water partition coefficient (Wildman–Crippen LogP) is -0.858. The molecular weight excluding hydrogens is 130 g/mol. The Balaban J connectivity index is 4.14. The fourth-order valence-electron chi connectivity index (χ4n) is 0.525. The molecule has 0 atom stereocenters. The van der Waals surface area contributed by atoms with Gasteiger partial charge in [-0.2, -0.15) is 0 Å². The predicted molar refractivity (Wildman–Crippen MR) is 40.0 cm³/mol. The Kier molecular flexibility index (Phi) is 4.11. The molecule has 0 unspecified atom stereocenters. The van der Waals surface area contributed by atoms with Crippen molar-refractivity contribution < 1.29 is 4.79 Å². The molecule has 0 aliphatic heterocycles. The van der Waals surface area contributed by atoms with Crippen LogP contribution in [0.5, 0.6) is 0 Å². The lowest BCUT2D eigenvalue weighted by molar-refractivity contribution is -0.105. The van der Waals surface area contributed by atoms with E-state index < -0.39 is 0 Å². The van der Waals surface area contributed by atoms with Gasteiger partial charge in [-0.15, -0.1) is 0 Å². The molecule has 10 heavy (non-hydrogen) atoms. The van der Waals surface area contributed by atoms with E-state index in [0.717, 1.165) is 0 Å². The largest absolute Gasteiger partial charge is 0.384 e. The lowest BCUT2D eigenvalue weighted by atomic mass is 10.4. The van der Waals surface area contributed by atoms with Crippen molar-refractivity contribution in [2.75, 3.05) is 13.6 Å². The number of carbonyl (C=O) groups is 1. The highest BCUT2D eigenvalue weighted by Crippen LogP contribution is 1.84. The average Bonchev–Trinajstić information content (AvgIpc) is 1.99. The second-order valence-corrected chi connectivity index (χ2v) is 1.73. The van der Waals surface area contributed by atoms with Crippen LogP contribution in [0.3, 0.4) is 0 Å². The molecule has 4 heteroatoms. The van der Waals surface area contributed by atoms with Crippen molar-refractivity contribution in [1.29, 1.82) is 0 Å². The van der Waals surface area contributed by atoms with Gasteiger partial charge in [-0.3, -0.25) is 4.79 Å². The van der Waals surface area contributed by atoms with Crippen molar-refractivity contribution >= 4 is 6.29 Å². The quantitative estimate of drug-likeness (QED) is 0.354. The molecule has 0 heterocycles. The molecule has 0 spiro atoms. The van der Waals surface area contributed by atoms with Gasteiger partial charge in [0.25, 0.3) is 0 Å². The Morgan fingerprint density at radius 1 is 1.70 bits per heavy atom. The number of likely N-dealkylation sites (N-methyl/N-ethyl adjacent to an activating group) is 1. The monoisotopic (exact) mass is 143 g/mol. The van der Waals surface area contributed by atoms with E-state index in [1.54, 1.807) is 7.05 Å². The average molecular weight is 143 g/mol. The van der Waals surface area contributed by atoms with Gasteiger partial charge in [-0.1, -0.05) is 0 Å². The zero-order valence-electron chi connectivity index (χ0n) is 6.27. The number of nitrogens with two attached hydrogens (primary N) is 1. The summed E-state index contributed by atoms with van der Waals surface area (Å²) in [4.78, 5) is 10.3. The van der Waals surface area contributed by atoms with Crippen LogP contribution in [0.25, 0.3) is 0 Å². The molecular formula is C6H13N3O. The summed E-state index contributed by atoms with van der Waals surface area (Å²) in [6.45, 7) is 2.59. The molecule has 0 saturated heterocycles. The van der Waals surface area contributed by atoms with Crippen molar-refractivity contribution in [1.82, 2.24) is 10.6 Å². The highest BCUT2D eigenvalue weighted by molar-refractivity contribution is 5.73. The van der Waals surface area contributed by atoms with Gasteiger partial charge in [-0.05, 0) is 6.92 Å². The van der Waals surface area contributed by atoms with Crippen LogP contribution >= 0.6 is 0 Å². The SMILES string of the molecule is CCN/C(C=O)=C(\N)NC. The van der Waals surface area contributed by atoms with Gasteiger partial charge < -0.3 is 16.4 Å². The Bertz CT molecular complexity index is 142. The molecule has 0 aromatic rings. The summed E-state index contributed by atoms with van der Waals surface area (Å²) in [5.74, 6) is 0.372. The van der Waals surface area contributed by atoms with E-state index in [1.165, 1.54) is 0 Å². The van der Waals surface area contributed by atoms with Crippen molar-refractivity contribution in [2.45, 2.75) is 6.92 Å². The van der Waals surface area contributed by atoms with Crippen molar-refractivity contribution in [3.63, 3.8) is 0 Å². The van der Waals surface area contributed by atoms with Crippen molar-refractivity contribution in [3.05, 3.63) is 11.5 Å². The summed E-state index contributed by atoms with van der Waals surface area (Å²) in [7, 11) is 1.66. The normalized spacial score (nSPS) is 11.8. The number of allylic oxidation sites excluding steroid dienone is 1. The molecule has 0 aliphatic rings. The van der Waals surface area contributed by atoms with E-state index >= 15 is 0 Å². The number of hydrogen-bond acceptors (Lipinski definition) is 4. The molecule has 0 aromatic heterocycles. The van der Waals surface area contributed by atoms with Gasteiger partial charge in [-0.25, -0.2) is 0 Å². The molecule has 0 aliphatic carbocycles. The molecule has 0 bridgehead atoms. The molecule has 0 radical (unpaired) electrons. The topological polar surface area (TPSA) is 67.2 Å². The standard InChI is InChI=1S/C6H13N3O/c1-3-9-5(4-10)6(7)8-2/h4,8-9H,3,7H2,1-2H3/b6-5+. The maximum absolute atomic E-state index is 10.3. The van der Waals surface area contributed by atoms with E-state index in [2.05, 4.69) is 10.6 Å². The van der Waals surface area contributed by atoms with E-state index in [4.69, 9.17) is 5.73 Å². The minimum Gasteiger partial charge on any atom is -0.384 e. The number of hydrogen-bond donors (Lipinski definition) is 3. The molecule has 4 nitrogen and oxygen atoms in total. The second-order valence-electron chi connectivity index (χ2n) is 1.73. The highest BCUT2D eigenvalue weighted by Gasteiger charge is 1.96. The highest BCUT2D eigenvalue weighted by atomic mass is 16.1. The smallest absolute Gasteiger partial charge is 0.169 e. The lowest BCUT2D eigenvalue weighted by Crippen LogP contribution is -2.25. The van der Waals surface area contributed by atoms with Crippen LogP contribution in [-0.4, -0.2) is 19.9 Å². The number of rotatable bonds is 4. The van der Waals surface area contributed by atoms with Crippen LogP contribution in [0.1, 0.15) is 6.92 Å². The van der Waals surface area contributed by atoms with Gasteiger partial charge in [0.1, 0.15) is 11.5 Å². The molecule has 0 aromatic carbocycles. The fourth-order valence-corrected chi connectivity index (χ4v) is 0.525. The Morgan fingerprint density at radius 3 is 2.60 bits per heavy atom.